The van der Waals surface area contributed by atoms with E-state index in [0.29, 0.717) is 18.1 Å². The van der Waals surface area contributed by atoms with Gasteiger partial charge in [-0.3, -0.25) is 9.80 Å². The second-order valence-corrected chi connectivity index (χ2v) is 14.5. The van der Waals surface area contributed by atoms with Gasteiger partial charge in [0.2, 0.25) is 0 Å². The minimum atomic E-state index is -3.04. The SMILES string of the molecule is CC(C)(C)OC(=O)N1CCC[C@H]1c1ncc(-c2ccc(-c3ccc(-c4cnc([C@@H]5CC(F)(F)CN5C(=O)OC(C)(C)C)[nH]4)cc3)cc2)[nH]1. The maximum Gasteiger partial charge on any atom is 0.411 e. The zero-order chi connectivity index (χ0) is 34.4. The fourth-order valence-corrected chi connectivity index (χ4v) is 6.15. The average molecular weight is 661 g/mol. The minimum Gasteiger partial charge on any atom is -0.444 e. The van der Waals surface area contributed by atoms with Crippen molar-refractivity contribution < 1.29 is 27.8 Å². The Balaban J connectivity index is 1.13. The largest absolute Gasteiger partial charge is 0.444 e. The van der Waals surface area contributed by atoms with Crippen LogP contribution in [-0.2, 0) is 9.47 Å². The first-order chi connectivity index (χ1) is 22.6. The molecule has 2 atom stereocenters. The minimum absolute atomic E-state index is 0.152. The van der Waals surface area contributed by atoms with Crippen LogP contribution in [0.1, 0.15) is 84.5 Å². The molecule has 48 heavy (non-hydrogen) atoms. The second kappa shape index (κ2) is 12.4. The Bertz CT molecular complexity index is 1770. The smallest absolute Gasteiger partial charge is 0.411 e. The molecule has 2 N–H and O–H groups in total. The van der Waals surface area contributed by atoms with Gasteiger partial charge >= 0.3 is 12.2 Å². The third-order valence-corrected chi connectivity index (χ3v) is 8.33. The van der Waals surface area contributed by atoms with Gasteiger partial charge in [0.1, 0.15) is 22.9 Å². The van der Waals surface area contributed by atoms with Crippen molar-refractivity contribution in [3.8, 4) is 33.6 Å². The molecule has 0 bridgehead atoms. The van der Waals surface area contributed by atoms with Crippen LogP contribution in [-0.4, -0.2) is 72.1 Å². The van der Waals surface area contributed by atoms with E-state index in [1.807, 2.05) is 69.3 Å². The van der Waals surface area contributed by atoms with Gasteiger partial charge in [0.15, 0.2) is 0 Å². The average Bonchev–Trinajstić information content (AvgIpc) is 3.81. The zero-order valence-electron chi connectivity index (χ0n) is 28.1. The van der Waals surface area contributed by atoms with Gasteiger partial charge in [0, 0.05) is 13.0 Å². The molecule has 2 aliphatic rings. The number of imidazole rings is 2. The van der Waals surface area contributed by atoms with E-state index in [9.17, 15) is 18.4 Å². The lowest BCUT2D eigenvalue weighted by molar-refractivity contribution is -0.00248. The summed E-state index contributed by atoms with van der Waals surface area (Å²) < 4.78 is 39.8. The Morgan fingerprint density at radius 1 is 0.729 bits per heavy atom. The molecule has 0 aliphatic carbocycles. The Morgan fingerprint density at radius 3 is 1.65 bits per heavy atom. The third kappa shape index (κ3) is 7.37. The molecule has 2 aliphatic heterocycles. The highest BCUT2D eigenvalue weighted by Crippen LogP contribution is 2.41. The van der Waals surface area contributed by atoms with Gasteiger partial charge < -0.3 is 19.4 Å². The number of carbonyl (C=O) groups excluding carboxylic acids is 2. The summed E-state index contributed by atoms with van der Waals surface area (Å²) in [6.07, 6.45) is 3.46. The van der Waals surface area contributed by atoms with Crippen molar-refractivity contribution >= 4 is 12.2 Å². The van der Waals surface area contributed by atoms with Gasteiger partial charge in [0.05, 0.1) is 42.4 Å². The van der Waals surface area contributed by atoms with Gasteiger partial charge in [0.25, 0.3) is 5.92 Å². The van der Waals surface area contributed by atoms with E-state index in [4.69, 9.17) is 9.47 Å². The molecule has 2 fully saturated rings. The van der Waals surface area contributed by atoms with Crippen molar-refractivity contribution in [3.63, 3.8) is 0 Å². The number of nitrogens with one attached hydrogen (secondary N) is 2. The monoisotopic (exact) mass is 660 g/mol. The number of rotatable bonds is 5. The number of halogens is 2. The standard InChI is InChI=1S/C36H42F2N6O4/c1-34(2,3)47-32(45)43-17-7-8-28(43)30-39-19-26(41-30)24-13-9-22(10-14-24)23-11-15-25(16-12-23)27-20-40-31(42-27)29-18-36(37,38)21-44(29)33(46)48-35(4,5)6/h9-16,19-20,28-29H,7-8,17-18,21H2,1-6H3,(H,39,41)(H,40,42)/t28-,29-/m0/s1. The van der Waals surface area contributed by atoms with Gasteiger partial charge in [-0.05, 0) is 76.6 Å². The number of likely N-dealkylation sites (tertiary alicyclic amines) is 2. The second-order valence-electron chi connectivity index (χ2n) is 14.5. The molecule has 10 nitrogen and oxygen atoms in total. The van der Waals surface area contributed by atoms with Gasteiger partial charge in [-0.15, -0.1) is 0 Å². The Kier molecular flexibility index (Phi) is 8.55. The molecule has 254 valence electrons. The number of hydrogen-bond acceptors (Lipinski definition) is 6. The number of carbonyl (C=O) groups is 2. The first-order valence-electron chi connectivity index (χ1n) is 16.2. The van der Waals surface area contributed by atoms with Crippen LogP contribution in [0.2, 0.25) is 0 Å². The molecule has 12 heteroatoms. The summed E-state index contributed by atoms with van der Waals surface area (Å²) >= 11 is 0. The molecular formula is C36H42F2N6O4. The van der Waals surface area contributed by atoms with Crippen molar-refractivity contribution in [2.45, 2.75) is 90.0 Å². The van der Waals surface area contributed by atoms with Crippen LogP contribution < -0.4 is 0 Å². The van der Waals surface area contributed by atoms with Crippen LogP contribution >= 0.6 is 0 Å². The van der Waals surface area contributed by atoms with Crippen LogP contribution in [0.5, 0.6) is 0 Å². The Morgan fingerprint density at radius 2 is 1.17 bits per heavy atom. The number of ether oxygens (including phenoxy) is 2. The molecule has 0 saturated carbocycles. The first kappa shape index (κ1) is 33.2. The normalized spacial score (nSPS) is 19.5. The van der Waals surface area contributed by atoms with E-state index in [1.165, 1.54) is 0 Å². The molecule has 0 unspecified atom stereocenters. The fourth-order valence-electron chi connectivity index (χ4n) is 6.15. The molecule has 2 aromatic carbocycles. The number of nitrogens with zero attached hydrogens (tertiary/aromatic N) is 4. The quantitative estimate of drug-likeness (QED) is 0.222. The summed E-state index contributed by atoms with van der Waals surface area (Å²) in [5.41, 5.74) is 3.98. The molecule has 4 heterocycles. The number of aromatic nitrogens is 4. The molecule has 2 amide bonds. The van der Waals surface area contributed by atoms with Crippen molar-refractivity contribution in [1.82, 2.24) is 29.7 Å². The number of aromatic amines is 2. The predicted molar refractivity (Wildman–Crippen MR) is 177 cm³/mol. The fraction of sp³-hybridized carbons (Fsp3) is 0.444. The number of benzene rings is 2. The summed E-state index contributed by atoms with van der Waals surface area (Å²) in [6.45, 7) is 10.6. The molecule has 0 radical (unpaired) electrons. The molecular weight excluding hydrogens is 618 g/mol. The lowest BCUT2D eigenvalue weighted by Gasteiger charge is -2.27. The number of amides is 2. The highest BCUT2D eigenvalue weighted by atomic mass is 19.3. The van der Waals surface area contributed by atoms with Crippen LogP contribution in [0.3, 0.4) is 0 Å². The lowest BCUT2D eigenvalue weighted by atomic mass is 10.0. The summed E-state index contributed by atoms with van der Waals surface area (Å²) in [4.78, 5) is 43.8. The highest BCUT2D eigenvalue weighted by Gasteiger charge is 2.50. The Hall–Kier alpha value is -4.74. The topological polar surface area (TPSA) is 116 Å². The van der Waals surface area contributed by atoms with Crippen molar-refractivity contribution in [1.29, 1.82) is 0 Å². The van der Waals surface area contributed by atoms with Gasteiger partial charge in [-0.2, -0.15) is 0 Å². The van der Waals surface area contributed by atoms with Crippen molar-refractivity contribution in [3.05, 3.63) is 72.6 Å². The molecule has 4 aromatic rings. The van der Waals surface area contributed by atoms with E-state index >= 15 is 0 Å². The first-order valence-corrected chi connectivity index (χ1v) is 16.2. The predicted octanol–water partition coefficient (Wildman–Crippen LogP) is 8.52. The van der Waals surface area contributed by atoms with E-state index in [-0.39, 0.29) is 12.1 Å². The lowest BCUT2D eigenvalue weighted by Crippen LogP contribution is -2.38. The molecule has 2 aromatic heterocycles. The number of H-pyrrole nitrogens is 2. The molecule has 2 saturated heterocycles. The van der Waals surface area contributed by atoms with E-state index in [0.717, 1.165) is 51.5 Å². The van der Waals surface area contributed by atoms with Crippen LogP contribution in [0.25, 0.3) is 33.6 Å². The maximum absolute atomic E-state index is 14.4. The summed E-state index contributed by atoms with van der Waals surface area (Å²) in [7, 11) is 0. The zero-order valence-corrected chi connectivity index (χ0v) is 28.1. The third-order valence-electron chi connectivity index (χ3n) is 8.33. The van der Waals surface area contributed by atoms with Crippen LogP contribution in [0.4, 0.5) is 18.4 Å². The summed E-state index contributed by atoms with van der Waals surface area (Å²) in [5.74, 6) is -2.00. The Labute approximate surface area is 278 Å². The van der Waals surface area contributed by atoms with E-state index in [1.54, 1.807) is 38.1 Å². The van der Waals surface area contributed by atoms with Crippen molar-refractivity contribution in [2.75, 3.05) is 13.1 Å². The number of alkyl halides is 2. The van der Waals surface area contributed by atoms with Crippen LogP contribution in [0.15, 0.2) is 60.9 Å². The van der Waals surface area contributed by atoms with Crippen molar-refractivity contribution in [2.24, 2.45) is 0 Å². The van der Waals surface area contributed by atoms with Gasteiger partial charge in [-0.25, -0.2) is 28.3 Å². The summed E-state index contributed by atoms with van der Waals surface area (Å²) in [5, 5.41) is 0. The molecule has 0 spiro atoms. The summed E-state index contributed by atoms with van der Waals surface area (Å²) in [6, 6.07) is 14.9. The molecule has 6 rings (SSSR count). The van der Waals surface area contributed by atoms with Crippen LogP contribution in [0, 0.1) is 0 Å². The van der Waals surface area contributed by atoms with E-state index in [2.05, 4.69) is 19.9 Å². The van der Waals surface area contributed by atoms with E-state index < -0.39 is 42.2 Å². The maximum atomic E-state index is 14.4. The number of hydrogen-bond donors (Lipinski definition) is 2. The van der Waals surface area contributed by atoms with Gasteiger partial charge in [-0.1, -0.05) is 48.5 Å². The highest BCUT2D eigenvalue weighted by molar-refractivity contribution is 5.72.